The molecule has 13 heavy (non-hydrogen) atoms. The average molecular weight is 195 g/mol. The molecule has 0 amide bonds. The minimum Gasteiger partial charge on any atom is -0.384 e. The van der Waals surface area contributed by atoms with Gasteiger partial charge in [-0.05, 0) is 31.6 Å². The molecule has 1 atom stereocenters. The summed E-state index contributed by atoms with van der Waals surface area (Å²) in [5.41, 5.74) is 5.62. The molecule has 2 N–H and O–H groups in total. The summed E-state index contributed by atoms with van der Waals surface area (Å²) in [5, 5.41) is 0. The Bertz CT molecular complexity index is 307. The van der Waals surface area contributed by atoms with Gasteiger partial charge in [0.2, 0.25) is 0 Å². The Balaban J connectivity index is 2.33. The normalized spacial score (nSPS) is 27.8. The third-order valence-electron chi connectivity index (χ3n) is 2.37. The number of aromatic nitrogens is 2. The van der Waals surface area contributed by atoms with E-state index in [-0.39, 0.29) is 4.75 Å². The lowest BCUT2D eigenvalue weighted by molar-refractivity contribution is 0.605. The molecule has 1 aromatic rings. The van der Waals surface area contributed by atoms with E-state index in [1.807, 2.05) is 11.8 Å². The summed E-state index contributed by atoms with van der Waals surface area (Å²) in [4.78, 5) is 8.55. The van der Waals surface area contributed by atoms with E-state index in [1.54, 1.807) is 12.3 Å². The third-order valence-corrected chi connectivity index (χ3v) is 3.89. The summed E-state index contributed by atoms with van der Waals surface area (Å²) < 4.78 is 0.0926. The first kappa shape index (κ1) is 8.81. The number of nitrogens with two attached hydrogens (primary N) is 1. The molecule has 0 aromatic carbocycles. The van der Waals surface area contributed by atoms with E-state index in [9.17, 15) is 0 Å². The zero-order valence-corrected chi connectivity index (χ0v) is 8.47. The SMILES string of the molecule is CC1(c2nccc(N)n2)CCCS1. The molecule has 1 aliphatic heterocycles. The molecule has 1 unspecified atom stereocenters. The largest absolute Gasteiger partial charge is 0.384 e. The molecule has 4 heteroatoms. The van der Waals surface area contributed by atoms with Gasteiger partial charge in [-0.2, -0.15) is 0 Å². The van der Waals surface area contributed by atoms with Crippen LogP contribution in [0.3, 0.4) is 0 Å². The van der Waals surface area contributed by atoms with E-state index in [0.717, 1.165) is 12.2 Å². The van der Waals surface area contributed by atoms with Crippen LogP contribution in [-0.4, -0.2) is 15.7 Å². The van der Waals surface area contributed by atoms with Crippen molar-refractivity contribution in [2.45, 2.75) is 24.5 Å². The minimum absolute atomic E-state index is 0.0926. The lowest BCUT2D eigenvalue weighted by atomic mass is 10.1. The fraction of sp³-hybridized carbons (Fsp3) is 0.556. The molecule has 2 rings (SSSR count). The van der Waals surface area contributed by atoms with Gasteiger partial charge in [0, 0.05) is 6.20 Å². The first-order valence-electron chi connectivity index (χ1n) is 4.44. The Kier molecular flexibility index (Phi) is 2.15. The molecule has 0 radical (unpaired) electrons. The van der Waals surface area contributed by atoms with Crippen LogP contribution < -0.4 is 5.73 Å². The standard InChI is InChI=1S/C9H13N3S/c1-9(4-2-6-13-9)8-11-5-3-7(10)12-8/h3,5H,2,4,6H2,1H3,(H2,10,11,12). The Hall–Kier alpha value is -0.770. The summed E-state index contributed by atoms with van der Waals surface area (Å²) in [5.74, 6) is 2.66. The lowest BCUT2D eigenvalue weighted by Crippen LogP contribution is -2.17. The van der Waals surface area contributed by atoms with Gasteiger partial charge in [0.05, 0.1) is 4.75 Å². The fourth-order valence-corrected chi connectivity index (χ4v) is 2.84. The Morgan fingerprint density at radius 1 is 1.62 bits per heavy atom. The summed E-state index contributed by atoms with van der Waals surface area (Å²) in [6.45, 7) is 2.19. The molecule has 0 aliphatic carbocycles. The van der Waals surface area contributed by atoms with Gasteiger partial charge < -0.3 is 5.73 Å². The second-order valence-corrected chi connectivity index (χ2v) is 5.09. The van der Waals surface area contributed by atoms with Crippen LogP contribution in [0.25, 0.3) is 0 Å². The number of thioether (sulfide) groups is 1. The maximum atomic E-state index is 5.62. The van der Waals surface area contributed by atoms with E-state index < -0.39 is 0 Å². The van der Waals surface area contributed by atoms with Crippen molar-refractivity contribution in [3.05, 3.63) is 18.1 Å². The van der Waals surface area contributed by atoms with E-state index in [2.05, 4.69) is 16.9 Å². The molecule has 3 nitrogen and oxygen atoms in total. The summed E-state index contributed by atoms with van der Waals surface area (Å²) in [7, 11) is 0. The highest BCUT2D eigenvalue weighted by Gasteiger charge is 2.34. The summed E-state index contributed by atoms with van der Waals surface area (Å²) >= 11 is 1.93. The molecule has 0 saturated carbocycles. The zero-order chi connectivity index (χ0) is 9.31. The zero-order valence-electron chi connectivity index (χ0n) is 7.66. The Morgan fingerprint density at radius 2 is 2.46 bits per heavy atom. The molecule has 1 fully saturated rings. The second-order valence-electron chi connectivity index (χ2n) is 3.49. The number of hydrogen-bond donors (Lipinski definition) is 1. The van der Waals surface area contributed by atoms with E-state index in [0.29, 0.717) is 5.82 Å². The molecule has 70 valence electrons. The van der Waals surface area contributed by atoms with Crippen molar-refractivity contribution in [2.75, 3.05) is 11.5 Å². The van der Waals surface area contributed by atoms with Gasteiger partial charge in [-0.15, -0.1) is 11.8 Å². The van der Waals surface area contributed by atoms with Crippen LogP contribution in [0.1, 0.15) is 25.6 Å². The van der Waals surface area contributed by atoms with Crippen LogP contribution in [-0.2, 0) is 4.75 Å². The number of hydrogen-bond acceptors (Lipinski definition) is 4. The maximum Gasteiger partial charge on any atom is 0.146 e. The molecule has 1 aliphatic rings. The van der Waals surface area contributed by atoms with Gasteiger partial charge in [0.25, 0.3) is 0 Å². The lowest BCUT2D eigenvalue weighted by Gasteiger charge is -2.20. The van der Waals surface area contributed by atoms with Gasteiger partial charge in [-0.3, -0.25) is 0 Å². The van der Waals surface area contributed by atoms with Crippen molar-refractivity contribution >= 4 is 17.6 Å². The van der Waals surface area contributed by atoms with Crippen molar-refractivity contribution in [1.29, 1.82) is 0 Å². The van der Waals surface area contributed by atoms with Gasteiger partial charge in [-0.25, -0.2) is 9.97 Å². The first-order valence-corrected chi connectivity index (χ1v) is 5.42. The third kappa shape index (κ3) is 1.63. The molecular formula is C9H13N3S. The monoisotopic (exact) mass is 195 g/mol. The molecule has 2 heterocycles. The van der Waals surface area contributed by atoms with E-state index in [1.165, 1.54) is 12.2 Å². The van der Waals surface area contributed by atoms with Gasteiger partial charge in [-0.1, -0.05) is 0 Å². The van der Waals surface area contributed by atoms with Crippen LogP contribution in [0.4, 0.5) is 5.82 Å². The van der Waals surface area contributed by atoms with Gasteiger partial charge in [0.1, 0.15) is 11.6 Å². The van der Waals surface area contributed by atoms with Gasteiger partial charge in [0.15, 0.2) is 0 Å². The molecule has 1 aromatic heterocycles. The highest BCUT2D eigenvalue weighted by atomic mass is 32.2. The Labute approximate surface area is 82.2 Å². The first-order chi connectivity index (χ1) is 6.21. The van der Waals surface area contributed by atoms with Crippen molar-refractivity contribution in [3.8, 4) is 0 Å². The quantitative estimate of drug-likeness (QED) is 0.742. The van der Waals surface area contributed by atoms with Gasteiger partial charge >= 0.3 is 0 Å². The van der Waals surface area contributed by atoms with Crippen molar-refractivity contribution in [2.24, 2.45) is 0 Å². The average Bonchev–Trinajstić information content (AvgIpc) is 2.54. The highest BCUT2D eigenvalue weighted by Crippen LogP contribution is 2.44. The smallest absolute Gasteiger partial charge is 0.146 e. The number of nitrogen functional groups attached to an aromatic ring is 1. The van der Waals surface area contributed by atoms with Crippen LogP contribution in [0.2, 0.25) is 0 Å². The Morgan fingerprint density at radius 3 is 3.08 bits per heavy atom. The minimum atomic E-state index is 0.0926. The molecule has 1 saturated heterocycles. The van der Waals surface area contributed by atoms with Crippen LogP contribution in [0.15, 0.2) is 12.3 Å². The van der Waals surface area contributed by atoms with Crippen molar-refractivity contribution in [3.63, 3.8) is 0 Å². The summed E-state index contributed by atoms with van der Waals surface area (Å²) in [6, 6.07) is 1.73. The maximum absolute atomic E-state index is 5.62. The topological polar surface area (TPSA) is 51.8 Å². The summed E-state index contributed by atoms with van der Waals surface area (Å²) in [6.07, 6.45) is 4.14. The fourth-order valence-electron chi connectivity index (χ4n) is 1.58. The van der Waals surface area contributed by atoms with E-state index >= 15 is 0 Å². The van der Waals surface area contributed by atoms with E-state index in [4.69, 9.17) is 5.73 Å². The molecule has 0 bridgehead atoms. The highest BCUT2D eigenvalue weighted by molar-refractivity contribution is 8.00. The second kappa shape index (κ2) is 3.18. The van der Waals surface area contributed by atoms with Crippen LogP contribution >= 0.6 is 11.8 Å². The van der Waals surface area contributed by atoms with Crippen molar-refractivity contribution in [1.82, 2.24) is 9.97 Å². The molecular weight excluding hydrogens is 182 g/mol. The molecule has 0 spiro atoms. The van der Waals surface area contributed by atoms with Crippen LogP contribution in [0.5, 0.6) is 0 Å². The van der Waals surface area contributed by atoms with Crippen LogP contribution in [0, 0.1) is 0 Å². The number of rotatable bonds is 1. The predicted molar refractivity (Wildman–Crippen MR) is 55.5 cm³/mol. The predicted octanol–water partition coefficient (Wildman–Crippen LogP) is 1.80. The number of anilines is 1. The number of nitrogens with zero attached hydrogens (tertiary/aromatic N) is 2. The van der Waals surface area contributed by atoms with Crippen molar-refractivity contribution < 1.29 is 0 Å².